The van der Waals surface area contributed by atoms with Gasteiger partial charge in [-0.25, -0.2) is 0 Å². The van der Waals surface area contributed by atoms with E-state index in [-0.39, 0.29) is 0 Å². The van der Waals surface area contributed by atoms with Gasteiger partial charge in [-0.2, -0.15) is 0 Å². The molecule has 0 amide bonds. The lowest BCUT2D eigenvalue weighted by atomic mass is 10.2. The van der Waals surface area contributed by atoms with Gasteiger partial charge in [0, 0.05) is 21.3 Å². The van der Waals surface area contributed by atoms with Crippen molar-refractivity contribution in [2.45, 2.75) is 12.3 Å². The molecule has 0 fully saturated rings. The van der Waals surface area contributed by atoms with Gasteiger partial charge in [-0.15, -0.1) is 22.9 Å². The first-order valence-corrected chi connectivity index (χ1v) is 7.50. The smallest absolute Gasteiger partial charge is 0.123 e. The summed E-state index contributed by atoms with van der Waals surface area (Å²) < 4.78 is 6.78. The molecule has 0 N–H and O–H groups in total. The fourth-order valence-electron chi connectivity index (χ4n) is 1.51. The molecule has 2 rings (SSSR count). The van der Waals surface area contributed by atoms with Crippen molar-refractivity contribution in [2.24, 2.45) is 0 Å². The van der Waals surface area contributed by atoms with Crippen molar-refractivity contribution in [3.63, 3.8) is 0 Å². The van der Waals surface area contributed by atoms with Gasteiger partial charge < -0.3 is 4.74 Å². The molecule has 0 saturated heterocycles. The Kier molecular flexibility index (Phi) is 4.89. The highest BCUT2D eigenvalue weighted by atomic mass is 79.9. The molecule has 0 radical (unpaired) electrons. The lowest BCUT2D eigenvalue weighted by molar-refractivity contribution is 0.320. The SMILES string of the molecule is ClCc1cc(Br)ccc1OCCc1cccs1. The molecule has 2 aromatic rings. The quantitative estimate of drug-likeness (QED) is 0.710. The summed E-state index contributed by atoms with van der Waals surface area (Å²) in [6.07, 6.45) is 0.940. The molecule has 0 spiro atoms. The van der Waals surface area contributed by atoms with Gasteiger partial charge in [-0.05, 0) is 29.6 Å². The second-order valence-electron chi connectivity index (χ2n) is 3.56. The zero-order valence-corrected chi connectivity index (χ0v) is 12.3. The third-order valence-electron chi connectivity index (χ3n) is 2.35. The molecule has 17 heavy (non-hydrogen) atoms. The summed E-state index contributed by atoms with van der Waals surface area (Å²) in [5, 5.41) is 2.08. The Bertz CT molecular complexity index is 470. The van der Waals surface area contributed by atoms with E-state index in [1.807, 2.05) is 18.2 Å². The summed E-state index contributed by atoms with van der Waals surface area (Å²) in [7, 11) is 0. The van der Waals surface area contributed by atoms with Crippen LogP contribution in [0.15, 0.2) is 40.2 Å². The lowest BCUT2D eigenvalue weighted by Crippen LogP contribution is -2.01. The number of benzene rings is 1. The maximum atomic E-state index is 5.88. The zero-order chi connectivity index (χ0) is 12.1. The van der Waals surface area contributed by atoms with E-state index in [9.17, 15) is 0 Å². The monoisotopic (exact) mass is 330 g/mol. The van der Waals surface area contributed by atoms with E-state index in [1.54, 1.807) is 11.3 Å². The number of halogens is 2. The van der Waals surface area contributed by atoms with Crippen LogP contribution in [-0.4, -0.2) is 6.61 Å². The highest BCUT2D eigenvalue weighted by Gasteiger charge is 2.04. The first-order valence-electron chi connectivity index (χ1n) is 5.29. The average Bonchev–Trinajstić information content (AvgIpc) is 2.84. The van der Waals surface area contributed by atoms with Crippen molar-refractivity contribution >= 4 is 38.9 Å². The second-order valence-corrected chi connectivity index (χ2v) is 5.78. The van der Waals surface area contributed by atoms with Crippen molar-refractivity contribution in [2.75, 3.05) is 6.61 Å². The number of alkyl halides is 1. The van der Waals surface area contributed by atoms with E-state index in [0.29, 0.717) is 12.5 Å². The summed E-state index contributed by atoms with van der Waals surface area (Å²) in [6, 6.07) is 10.1. The molecule has 1 aromatic heterocycles. The largest absolute Gasteiger partial charge is 0.493 e. The van der Waals surface area contributed by atoms with E-state index in [1.165, 1.54) is 4.88 Å². The van der Waals surface area contributed by atoms with Crippen molar-refractivity contribution in [3.05, 3.63) is 50.6 Å². The molecule has 1 heterocycles. The lowest BCUT2D eigenvalue weighted by Gasteiger charge is -2.09. The molecule has 0 saturated carbocycles. The van der Waals surface area contributed by atoms with Gasteiger partial charge in [0.1, 0.15) is 5.75 Å². The number of thiophene rings is 1. The van der Waals surface area contributed by atoms with E-state index in [0.717, 1.165) is 22.2 Å². The Morgan fingerprint density at radius 2 is 2.18 bits per heavy atom. The summed E-state index contributed by atoms with van der Waals surface area (Å²) in [5.41, 5.74) is 1.02. The normalized spacial score (nSPS) is 10.5. The first-order chi connectivity index (χ1) is 8.29. The van der Waals surface area contributed by atoms with E-state index < -0.39 is 0 Å². The summed E-state index contributed by atoms with van der Waals surface area (Å²) >= 11 is 11.1. The Morgan fingerprint density at radius 1 is 1.29 bits per heavy atom. The molecule has 0 bridgehead atoms. The summed E-state index contributed by atoms with van der Waals surface area (Å²) in [5.74, 6) is 1.34. The van der Waals surface area contributed by atoms with Gasteiger partial charge in [0.2, 0.25) is 0 Å². The van der Waals surface area contributed by atoms with Crippen LogP contribution in [0.5, 0.6) is 5.75 Å². The van der Waals surface area contributed by atoms with Crippen LogP contribution in [0, 0.1) is 0 Å². The number of rotatable bonds is 5. The Balaban J connectivity index is 1.94. The molecule has 90 valence electrons. The minimum atomic E-state index is 0.466. The van der Waals surface area contributed by atoms with Gasteiger partial charge >= 0.3 is 0 Å². The van der Waals surface area contributed by atoms with E-state index in [4.69, 9.17) is 16.3 Å². The van der Waals surface area contributed by atoms with Crippen LogP contribution in [-0.2, 0) is 12.3 Å². The number of ether oxygens (including phenoxy) is 1. The van der Waals surface area contributed by atoms with Crippen LogP contribution in [0.25, 0.3) is 0 Å². The highest BCUT2D eigenvalue weighted by Crippen LogP contribution is 2.25. The van der Waals surface area contributed by atoms with Crippen LogP contribution in [0.3, 0.4) is 0 Å². The summed E-state index contributed by atoms with van der Waals surface area (Å²) in [4.78, 5) is 1.34. The third kappa shape index (κ3) is 3.73. The second kappa shape index (κ2) is 6.43. The van der Waals surface area contributed by atoms with Crippen molar-refractivity contribution < 1.29 is 4.74 Å². The van der Waals surface area contributed by atoms with Gasteiger partial charge in [-0.1, -0.05) is 22.0 Å². The van der Waals surface area contributed by atoms with Crippen molar-refractivity contribution in [3.8, 4) is 5.75 Å². The molecule has 0 aliphatic heterocycles. The molecule has 0 aliphatic rings. The molecule has 1 aromatic carbocycles. The molecule has 1 nitrogen and oxygen atoms in total. The summed E-state index contributed by atoms with van der Waals surface area (Å²) in [6.45, 7) is 0.687. The molecule has 0 aliphatic carbocycles. The van der Waals surface area contributed by atoms with E-state index in [2.05, 4.69) is 33.4 Å². The standard InChI is InChI=1S/C13H12BrClOS/c14-11-3-4-13(10(8-11)9-15)16-6-5-12-2-1-7-17-12/h1-4,7-8H,5-6,9H2. The third-order valence-corrected chi connectivity index (χ3v) is 4.07. The van der Waals surface area contributed by atoms with Gasteiger partial charge in [-0.3, -0.25) is 0 Å². The van der Waals surface area contributed by atoms with Crippen LogP contribution < -0.4 is 4.74 Å². The van der Waals surface area contributed by atoms with Crippen molar-refractivity contribution in [1.82, 2.24) is 0 Å². The molecule has 0 unspecified atom stereocenters. The van der Waals surface area contributed by atoms with E-state index >= 15 is 0 Å². The maximum Gasteiger partial charge on any atom is 0.123 e. The fourth-order valence-corrected chi connectivity index (χ4v) is 2.82. The molecular weight excluding hydrogens is 320 g/mol. The van der Waals surface area contributed by atoms with Crippen LogP contribution in [0.4, 0.5) is 0 Å². The zero-order valence-electron chi connectivity index (χ0n) is 9.16. The molecule has 0 atom stereocenters. The maximum absolute atomic E-state index is 5.88. The average molecular weight is 332 g/mol. The fraction of sp³-hybridized carbons (Fsp3) is 0.231. The van der Waals surface area contributed by atoms with Gasteiger partial charge in [0.15, 0.2) is 0 Å². The first kappa shape index (κ1) is 12.9. The topological polar surface area (TPSA) is 9.23 Å². The van der Waals surface area contributed by atoms with Crippen LogP contribution >= 0.6 is 38.9 Å². The minimum Gasteiger partial charge on any atom is -0.493 e. The Hall–Kier alpha value is -0.510. The predicted molar refractivity (Wildman–Crippen MR) is 77.2 cm³/mol. The minimum absolute atomic E-state index is 0.466. The van der Waals surface area contributed by atoms with Gasteiger partial charge in [0.05, 0.1) is 12.5 Å². The number of hydrogen-bond donors (Lipinski definition) is 0. The predicted octanol–water partition coefficient (Wildman–Crippen LogP) is 4.87. The van der Waals surface area contributed by atoms with Crippen molar-refractivity contribution in [1.29, 1.82) is 0 Å². The Labute approximate surface area is 119 Å². The van der Waals surface area contributed by atoms with Crippen LogP contribution in [0.2, 0.25) is 0 Å². The Morgan fingerprint density at radius 3 is 2.88 bits per heavy atom. The number of hydrogen-bond acceptors (Lipinski definition) is 2. The van der Waals surface area contributed by atoms with Crippen LogP contribution in [0.1, 0.15) is 10.4 Å². The van der Waals surface area contributed by atoms with Gasteiger partial charge in [0.25, 0.3) is 0 Å². The molecule has 4 heteroatoms. The molecular formula is C13H12BrClOS. The highest BCUT2D eigenvalue weighted by molar-refractivity contribution is 9.10.